The summed E-state index contributed by atoms with van der Waals surface area (Å²) in [4.78, 5) is 11.8. The fourth-order valence-electron chi connectivity index (χ4n) is 1.79. The average molecular weight is 294 g/mol. The first kappa shape index (κ1) is 17.3. The molecule has 1 aromatic carbocycles. The Hall–Kier alpha value is -1.75. The van der Waals surface area contributed by atoms with E-state index in [1.807, 2.05) is 25.1 Å². The van der Waals surface area contributed by atoms with Crippen LogP contribution in [0.15, 0.2) is 18.2 Å². The molecule has 0 saturated heterocycles. The lowest BCUT2D eigenvalue weighted by Gasteiger charge is -2.18. The van der Waals surface area contributed by atoms with Crippen LogP contribution in [0.3, 0.4) is 0 Å². The Morgan fingerprint density at radius 3 is 2.57 bits per heavy atom. The van der Waals surface area contributed by atoms with Crippen LogP contribution >= 0.6 is 0 Å². The summed E-state index contributed by atoms with van der Waals surface area (Å²) < 4.78 is 11.0. The van der Waals surface area contributed by atoms with Crippen molar-refractivity contribution in [3.8, 4) is 11.5 Å². The zero-order valence-corrected chi connectivity index (χ0v) is 13.5. The molecule has 0 aromatic heterocycles. The molecule has 5 nitrogen and oxygen atoms in total. The second-order valence-corrected chi connectivity index (χ2v) is 5.16. The maximum atomic E-state index is 11.8. The molecule has 118 valence electrons. The van der Waals surface area contributed by atoms with Gasteiger partial charge in [-0.3, -0.25) is 4.79 Å². The highest BCUT2D eigenvalue weighted by molar-refractivity contribution is 5.80. The van der Waals surface area contributed by atoms with Gasteiger partial charge in [-0.15, -0.1) is 0 Å². The Labute approximate surface area is 127 Å². The zero-order valence-electron chi connectivity index (χ0n) is 13.5. The van der Waals surface area contributed by atoms with E-state index in [1.54, 1.807) is 14.0 Å². The summed E-state index contributed by atoms with van der Waals surface area (Å²) in [6.45, 7) is 9.06. The third kappa shape index (κ3) is 5.63. The molecule has 5 heteroatoms. The van der Waals surface area contributed by atoms with Gasteiger partial charge in [-0.25, -0.2) is 0 Å². The molecule has 0 aliphatic rings. The molecule has 1 unspecified atom stereocenters. The van der Waals surface area contributed by atoms with E-state index in [-0.39, 0.29) is 5.91 Å². The van der Waals surface area contributed by atoms with Crippen LogP contribution in [0.1, 0.15) is 33.3 Å². The molecule has 0 radical (unpaired) electrons. The molecule has 21 heavy (non-hydrogen) atoms. The van der Waals surface area contributed by atoms with Gasteiger partial charge < -0.3 is 20.1 Å². The summed E-state index contributed by atoms with van der Waals surface area (Å²) in [7, 11) is 1.61. The first-order valence-corrected chi connectivity index (χ1v) is 7.32. The van der Waals surface area contributed by atoms with Crippen molar-refractivity contribution >= 4 is 5.91 Å². The largest absolute Gasteiger partial charge is 0.497 e. The lowest BCUT2D eigenvalue weighted by molar-refractivity contribution is -0.127. The molecule has 1 aromatic rings. The van der Waals surface area contributed by atoms with Gasteiger partial charge in [0.25, 0.3) is 5.91 Å². The third-order valence-electron chi connectivity index (χ3n) is 3.00. The summed E-state index contributed by atoms with van der Waals surface area (Å²) >= 11 is 0. The van der Waals surface area contributed by atoms with Crippen molar-refractivity contribution in [2.75, 3.05) is 13.7 Å². The maximum absolute atomic E-state index is 11.8. The minimum atomic E-state index is -0.546. The minimum Gasteiger partial charge on any atom is -0.497 e. The Bertz CT molecular complexity index is 461. The Kier molecular flexibility index (Phi) is 7.02. The molecular weight excluding hydrogens is 268 g/mol. The van der Waals surface area contributed by atoms with E-state index in [4.69, 9.17) is 9.47 Å². The molecule has 1 rings (SSSR count). The highest BCUT2D eigenvalue weighted by atomic mass is 16.5. The number of nitrogens with one attached hydrogen (secondary N) is 2. The van der Waals surface area contributed by atoms with Crippen LogP contribution < -0.4 is 20.1 Å². The number of hydrogen-bond donors (Lipinski definition) is 2. The topological polar surface area (TPSA) is 59.6 Å². The van der Waals surface area contributed by atoms with Crippen LogP contribution in [-0.4, -0.2) is 31.7 Å². The average Bonchev–Trinajstić information content (AvgIpc) is 2.45. The van der Waals surface area contributed by atoms with Gasteiger partial charge >= 0.3 is 0 Å². The standard InChI is InChI=1S/C16H26N2O3/c1-6-17-16(19)12(4)21-15-9-14(20-5)8-7-13(15)10-18-11(2)3/h7-9,11-12,18H,6,10H2,1-5H3,(H,17,19). The number of likely N-dealkylation sites (N-methyl/N-ethyl adjacent to an activating group) is 1. The Morgan fingerprint density at radius 2 is 2.00 bits per heavy atom. The summed E-state index contributed by atoms with van der Waals surface area (Å²) in [6, 6.07) is 6.03. The van der Waals surface area contributed by atoms with Gasteiger partial charge in [0.2, 0.25) is 0 Å². The fourth-order valence-corrected chi connectivity index (χ4v) is 1.79. The molecule has 0 saturated carbocycles. The minimum absolute atomic E-state index is 0.122. The third-order valence-corrected chi connectivity index (χ3v) is 3.00. The molecule has 0 aliphatic heterocycles. The van der Waals surface area contributed by atoms with Crippen molar-refractivity contribution < 1.29 is 14.3 Å². The lowest BCUT2D eigenvalue weighted by atomic mass is 10.1. The smallest absolute Gasteiger partial charge is 0.260 e. The summed E-state index contributed by atoms with van der Waals surface area (Å²) in [5.41, 5.74) is 1.00. The van der Waals surface area contributed by atoms with Crippen molar-refractivity contribution in [1.82, 2.24) is 10.6 Å². The van der Waals surface area contributed by atoms with E-state index >= 15 is 0 Å². The van der Waals surface area contributed by atoms with Gasteiger partial charge in [-0.1, -0.05) is 19.9 Å². The molecule has 1 atom stereocenters. The van der Waals surface area contributed by atoms with Crippen LogP contribution in [-0.2, 0) is 11.3 Å². The van der Waals surface area contributed by atoms with E-state index in [0.29, 0.717) is 30.6 Å². The van der Waals surface area contributed by atoms with Crippen molar-refractivity contribution in [1.29, 1.82) is 0 Å². The number of methoxy groups -OCH3 is 1. The zero-order chi connectivity index (χ0) is 15.8. The van der Waals surface area contributed by atoms with Crippen LogP contribution in [0.5, 0.6) is 11.5 Å². The summed E-state index contributed by atoms with van der Waals surface area (Å²) in [5, 5.41) is 6.10. The number of rotatable bonds is 8. The second-order valence-electron chi connectivity index (χ2n) is 5.16. The van der Waals surface area contributed by atoms with Crippen molar-refractivity contribution in [2.45, 2.75) is 46.4 Å². The van der Waals surface area contributed by atoms with Gasteiger partial charge in [0.15, 0.2) is 6.10 Å². The number of ether oxygens (including phenoxy) is 2. The highest BCUT2D eigenvalue weighted by Crippen LogP contribution is 2.26. The predicted octanol–water partition coefficient (Wildman–Crippen LogP) is 2.10. The molecule has 0 heterocycles. The molecule has 0 spiro atoms. The Morgan fingerprint density at radius 1 is 1.29 bits per heavy atom. The van der Waals surface area contributed by atoms with E-state index in [1.165, 1.54) is 0 Å². The maximum Gasteiger partial charge on any atom is 0.260 e. The van der Waals surface area contributed by atoms with Gasteiger partial charge in [0, 0.05) is 30.8 Å². The molecule has 2 N–H and O–H groups in total. The van der Waals surface area contributed by atoms with Gasteiger partial charge in [0.05, 0.1) is 7.11 Å². The summed E-state index contributed by atoms with van der Waals surface area (Å²) in [5.74, 6) is 1.26. The number of amides is 1. The predicted molar refractivity (Wildman–Crippen MR) is 83.7 cm³/mol. The molecule has 0 fully saturated rings. The summed E-state index contributed by atoms with van der Waals surface area (Å²) in [6.07, 6.45) is -0.546. The Balaban J connectivity index is 2.87. The van der Waals surface area contributed by atoms with Crippen LogP contribution in [0.4, 0.5) is 0 Å². The lowest BCUT2D eigenvalue weighted by Crippen LogP contribution is -2.36. The quantitative estimate of drug-likeness (QED) is 0.771. The van der Waals surface area contributed by atoms with Gasteiger partial charge in [-0.2, -0.15) is 0 Å². The van der Waals surface area contributed by atoms with E-state index in [2.05, 4.69) is 24.5 Å². The number of carbonyl (C=O) groups is 1. The monoisotopic (exact) mass is 294 g/mol. The fraction of sp³-hybridized carbons (Fsp3) is 0.562. The first-order valence-electron chi connectivity index (χ1n) is 7.32. The highest BCUT2D eigenvalue weighted by Gasteiger charge is 2.16. The van der Waals surface area contributed by atoms with E-state index < -0.39 is 6.10 Å². The number of hydrogen-bond acceptors (Lipinski definition) is 4. The normalized spacial score (nSPS) is 12.1. The molecular formula is C16H26N2O3. The van der Waals surface area contributed by atoms with Crippen molar-refractivity contribution in [2.24, 2.45) is 0 Å². The molecule has 0 bridgehead atoms. The van der Waals surface area contributed by atoms with Crippen molar-refractivity contribution in [3.05, 3.63) is 23.8 Å². The first-order chi connectivity index (χ1) is 9.97. The van der Waals surface area contributed by atoms with E-state index in [0.717, 1.165) is 5.56 Å². The van der Waals surface area contributed by atoms with Crippen LogP contribution in [0.25, 0.3) is 0 Å². The van der Waals surface area contributed by atoms with E-state index in [9.17, 15) is 4.79 Å². The molecule has 1 amide bonds. The van der Waals surface area contributed by atoms with Crippen LogP contribution in [0, 0.1) is 0 Å². The second kappa shape index (κ2) is 8.52. The SMILES string of the molecule is CCNC(=O)C(C)Oc1cc(OC)ccc1CNC(C)C. The molecule has 0 aliphatic carbocycles. The van der Waals surface area contributed by atoms with Crippen molar-refractivity contribution in [3.63, 3.8) is 0 Å². The van der Waals surface area contributed by atoms with Gasteiger partial charge in [0.1, 0.15) is 11.5 Å². The van der Waals surface area contributed by atoms with Crippen LogP contribution in [0.2, 0.25) is 0 Å². The van der Waals surface area contributed by atoms with Gasteiger partial charge in [-0.05, 0) is 19.9 Å². The number of carbonyl (C=O) groups excluding carboxylic acids is 1. The number of benzene rings is 1.